The fourth-order valence-electron chi connectivity index (χ4n) is 6.45. The van der Waals surface area contributed by atoms with E-state index in [4.69, 9.17) is 9.47 Å². The number of hydrogen-bond acceptors (Lipinski definition) is 8. The molecule has 2 amide bonds. The van der Waals surface area contributed by atoms with Crippen LogP contribution in [0.4, 0.5) is 0 Å². The summed E-state index contributed by atoms with van der Waals surface area (Å²) in [6.45, 7) is 2.14. The molecule has 3 heterocycles. The van der Waals surface area contributed by atoms with E-state index in [-0.39, 0.29) is 48.7 Å². The number of benzene rings is 4. The molecule has 1 saturated heterocycles. The second kappa shape index (κ2) is 14.4. The van der Waals surface area contributed by atoms with Crippen LogP contribution >= 0.6 is 11.8 Å². The van der Waals surface area contributed by atoms with E-state index >= 15 is 0 Å². The van der Waals surface area contributed by atoms with E-state index in [1.54, 1.807) is 42.6 Å². The van der Waals surface area contributed by atoms with Crippen LogP contribution in [0.1, 0.15) is 72.6 Å². The van der Waals surface area contributed by atoms with Crippen molar-refractivity contribution in [1.82, 2.24) is 9.88 Å². The van der Waals surface area contributed by atoms with E-state index in [1.165, 1.54) is 16.7 Å². The van der Waals surface area contributed by atoms with Crippen molar-refractivity contribution < 1.29 is 34.1 Å². The van der Waals surface area contributed by atoms with Crippen LogP contribution in [0, 0.1) is 5.92 Å². The predicted molar refractivity (Wildman–Crippen MR) is 187 cm³/mol. The monoisotopic (exact) mass is 686 g/mol. The van der Waals surface area contributed by atoms with Crippen LogP contribution in [0.3, 0.4) is 0 Å². The molecular weight excluding hydrogens is 653 g/mol. The van der Waals surface area contributed by atoms with Crippen LogP contribution < -0.4 is 0 Å². The van der Waals surface area contributed by atoms with Gasteiger partial charge in [0.25, 0.3) is 11.8 Å². The molecule has 1 aromatic heterocycles. The summed E-state index contributed by atoms with van der Waals surface area (Å²) in [5.74, 6) is -1.28. The number of aliphatic hydroxyl groups excluding tert-OH is 1. The summed E-state index contributed by atoms with van der Waals surface area (Å²) >= 11 is 1.34. The number of thioether (sulfide) groups is 1. The topological polar surface area (TPSA) is 126 Å². The van der Waals surface area contributed by atoms with Gasteiger partial charge in [0.15, 0.2) is 6.29 Å². The van der Waals surface area contributed by atoms with E-state index in [0.29, 0.717) is 21.9 Å². The maximum Gasteiger partial charge on any atom is 0.338 e. The zero-order chi connectivity index (χ0) is 34.8. The molecular formula is C40H34N2O7S. The van der Waals surface area contributed by atoms with Gasteiger partial charge < -0.3 is 19.7 Å². The van der Waals surface area contributed by atoms with Crippen molar-refractivity contribution in [3.8, 4) is 11.1 Å². The predicted octanol–water partition coefficient (Wildman–Crippen LogP) is 7.32. The Morgan fingerprint density at radius 3 is 2.10 bits per heavy atom. The number of aromatic carboxylic acids is 1. The summed E-state index contributed by atoms with van der Waals surface area (Å²) in [4.78, 5) is 43.6. The molecule has 0 bridgehead atoms. The number of carboxylic acid groups (broad SMARTS) is 1. The Balaban J connectivity index is 1.14. The molecule has 9 nitrogen and oxygen atoms in total. The Bertz CT molecular complexity index is 2020. The van der Waals surface area contributed by atoms with Crippen molar-refractivity contribution in [2.45, 2.75) is 43.6 Å². The number of fused-ring (bicyclic) bond motifs is 1. The first-order valence-electron chi connectivity index (χ1n) is 16.3. The highest BCUT2D eigenvalue weighted by molar-refractivity contribution is 7.99. The van der Waals surface area contributed by atoms with E-state index in [1.807, 2.05) is 72.8 Å². The van der Waals surface area contributed by atoms with Gasteiger partial charge in [0.2, 0.25) is 0 Å². The summed E-state index contributed by atoms with van der Waals surface area (Å²) in [6.07, 6.45) is 0.209. The van der Waals surface area contributed by atoms with Crippen molar-refractivity contribution in [2.24, 2.45) is 5.92 Å². The molecule has 50 heavy (non-hydrogen) atoms. The highest BCUT2D eigenvalue weighted by Crippen LogP contribution is 2.43. The van der Waals surface area contributed by atoms with E-state index in [0.717, 1.165) is 33.4 Å². The summed E-state index contributed by atoms with van der Waals surface area (Å²) < 4.78 is 13.2. The largest absolute Gasteiger partial charge is 0.478 e. The molecule has 0 saturated carbocycles. The van der Waals surface area contributed by atoms with Gasteiger partial charge in [0.1, 0.15) is 5.03 Å². The molecule has 0 radical (unpaired) electrons. The molecule has 1 fully saturated rings. The van der Waals surface area contributed by atoms with E-state index in [2.05, 4.69) is 11.9 Å². The van der Waals surface area contributed by atoms with Crippen LogP contribution in [-0.2, 0) is 22.6 Å². The molecule has 5 aromatic rings. The molecule has 0 aliphatic carbocycles. The third-order valence-corrected chi connectivity index (χ3v) is 10.3. The Morgan fingerprint density at radius 1 is 0.800 bits per heavy atom. The highest BCUT2D eigenvalue weighted by atomic mass is 32.2. The standard InChI is InChI=1S/C40H34N2O7S/c1-24-34(23-50-36-33(39(46)47)11-6-20-41-36)48-40(49-35(24)27-14-12-25(22-43)13-15-27)28-18-16-26(17-19-28)30-8-3-2-7-29(30)21-42-37(44)31-9-4-5-10-32(31)38(42)45/h2-20,24,34-35,40,43H,21-23H2,1H3,(H,46,47). The number of aromatic nitrogens is 1. The second-order valence-electron chi connectivity index (χ2n) is 12.3. The number of nitrogens with zero attached hydrogens (tertiary/aromatic N) is 2. The van der Waals surface area contributed by atoms with Gasteiger partial charge in [-0.25, -0.2) is 9.78 Å². The van der Waals surface area contributed by atoms with Gasteiger partial charge in [-0.15, -0.1) is 11.8 Å². The average Bonchev–Trinajstić information content (AvgIpc) is 3.39. The molecule has 4 aromatic carbocycles. The zero-order valence-electron chi connectivity index (χ0n) is 27.1. The maximum absolute atomic E-state index is 13.1. The van der Waals surface area contributed by atoms with Gasteiger partial charge in [-0.1, -0.05) is 91.9 Å². The third kappa shape index (κ3) is 6.58. The first kappa shape index (κ1) is 33.4. The minimum Gasteiger partial charge on any atom is -0.478 e. The lowest BCUT2D eigenvalue weighted by atomic mass is 9.91. The molecule has 4 unspecified atom stereocenters. The lowest BCUT2D eigenvalue weighted by Crippen LogP contribution is -2.38. The molecule has 2 aliphatic heterocycles. The Kier molecular flexibility index (Phi) is 9.60. The smallest absolute Gasteiger partial charge is 0.338 e. The average molecular weight is 687 g/mol. The van der Waals surface area contributed by atoms with Crippen LogP contribution in [-0.4, -0.2) is 49.7 Å². The van der Waals surface area contributed by atoms with E-state index in [9.17, 15) is 24.6 Å². The fourth-order valence-corrected chi connectivity index (χ4v) is 7.60. The number of imide groups is 1. The summed E-state index contributed by atoms with van der Waals surface area (Å²) in [5, 5.41) is 19.7. The number of pyridine rings is 1. The number of aliphatic hydroxyl groups is 1. The van der Waals surface area contributed by atoms with Gasteiger partial charge in [-0.2, -0.15) is 0 Å². The minimum absolute atomic E-state index is 0.0594. The van der Waals surface area contributed by atoms with Gasteiger partial charge in [0.05, 0.1) is 42.0 Å². The van der Waals surface area contributed by atoms with Crippen molar-refractivity contribution >= 4 is 29.5 Å². The molecule has 2 aliphatic rings. The molecule has 7 rings (SSSR count). The number of carboxylic acids is 1. The maximum atomic E-state index is 13.1. The van der Waals surface area contributed by atoms with Crippen molar-refractivity contribution in [2.75, 3.05) is 5.75 Å². The van der Waals surface area contributed by atoms with Crippen LogP contribution in [0.15, 0.2) is 120 Å². The van der Waals surface area contributed by atoms with Crippen molar-refractivity contribution in [3.63, 3.8) is 0 Å². The Hall–Kier alpha value is -5.13. The molecule has 252 valence electrons. The molecule has 10 heteroatoms. The number of rotatable bonds is 10. The van der Waals surface area contributed by atoms with Crippen LogP contribution in [0.25, 0.3) is 11.1 Å². The Morgan fingerprint density at radius 2 is 1.44 bits per heavy atom. The minimum atomic E-state index is -1.04. The molecule has 4 atom stereocenters. The summed E-state index contributed by atoms with van der Waals surface area (Å²) in [5.41, 5.74) is 6.17. The SMILES string of the molecule is CC1C(CSc2ncccc2C(=O)O)OC(c2ccc(-c3ccccc3CN3C(=O)c4ccccc4C3=O)cc2)OC1c1ccc(CO)cc1. The molecule has 2 N–H and O–H groups in total. The van der Waals surface area contributed by atoms with Gasteiger partial charge in [-0.3, -0.25) is 14.5 Å². The number of carbonyl (C=O) groups excluding carboxylic acids is 2. The number of hydrogen-bond donors (Lipinski definition) is 2. The quantitative estimate of drug-likeness (QED) is 0.115. The lowest BCUT2D eigenvalue weighted by molar-refractivity contribution is -0.268. The highest BCUT2D eigenvalue weighted by Gasteiger charge is 2.39. The Labute approximate surface area is 293 Å². The fraction of sp³-hybridized carbons (Fsp3) is 0.200. The number of ether oxygens (including phenoxy) is 2. The van der Waals surface area contributed by atoms with Crippen molar-refractivity contribution in [3.05, 3.63) is 154 Å². The molecule has 0 spiro atoms. The zero-order valence-corrected chi connectivity index (χ0v) is 28.0. The summed E-state index contributed by atoms with van der Waals surface area (Å²) in [7, 11) is 0. The number of amides is 2. The van der Waals surface area contributed by atoms with Gasteiger partial charge in [-0.05, 0) is 52.1 Å². The third-order valence-electron chi connectivity index (χ3n) is 9.23. The normalized spacial score (nSPS) is 20.2. The number of carbonyl (C=O) groups is 3. The summed E-state index contributed by atoms with van der Waals surface area (Å²) in [6, 6.07) is 33.3. The first-order chi connectivity index (χ1) is 24.3. The van der Waals surface area contributed by atoms with Crippen LogP contribution in [0.2, 0.25) is 0 Å². The van der Waals surface area contributed by atoms with Gasteiger partial charge in [0, 0.05) is 23.4 Å². The second-order valence-corrected chi connectivity index (χ2v) is 13.3. The van der Waals surface area contributed by atoms with Crippen LogP contribution in [0.5, 0.6) is 0 Å². The van der Waals surface area contributed by atoms with E-state index < -0.39 is 12.3 Å². The lowest BCUT2D eigenvalue weighted by Gasteiger charge is -2.41. The first-order valence-corrected chi connectivity index (χ1v) is 17.3. The van der Waals surface area contributed by atoms with Gasteiger partial charge >= 0.3 is 5.97 Å². The van der Waals surface area contributed by atoms with Crippen molar-refractivity contribution in [1.29, 1.82) is 0 Å².